The largest absolute Gasteiger partial charge is 0.324 e. The lowest BCUT2D eigenvalue weighted by Crippen LogP contribution is -2.17. The molecular weight excluding hydrogens is 428 g/mol. The lowest BCUT2D eigenvalue weighted by atomic mass is 9.98. The summed E-state index contributed by atoms with van der Waals surface area (Å²) in [5.74, 6) is -0.971. The molecule has 0 aliphatic heterocycles. The molecule has 0 radical (unpaired) electrons. The lowest BCUT2D eigenvalue weighted by Gasteiger charge is -2.12. The first-order chi connectivity index (χ1) is 14.7. The van der Waals surface area contributed by atoms with Crippen LogP contribution in [-0.4, -0.2) is 41.9 Å². The van der Waals surface area contributed by atoms with Crippen molar-refractivity contribution in [1.82, 2.24) is 9.97 Å². The van der Waals surface area contributed by atoms with Gasteiger partial charge in [0, 0.05) is 11.8 Å². The fourth-order valence-electron chi connectivity index (χ4n) is 3.63. The predicted octanol–water partition coefficient (Wildman–Crippen LogP) is 2.81. The molecule has 1 aromatic heterocycles. The Bertz CT molecular complexity index is 1140. The first-order valence-corrected chi connectivity index (χ1v) is 11.5. The number of amides is 1. The van der Waals surface area contributed by atoms with E-state index in [1.807, 2.05) is 0 Å². The van der Waals surface area contributed by atoms with Crippen LogP contribution in [0.2, 0.25) is 0 Å². The highest BCUT2D eigenvalue weighted by Gasteiger charge is 2.37. The molecule has 7 nitrogen and oxygen atoms in total. The minimum absolute atomic E-state index is 0.0387. The minimum atomic E-state index is -3.38. The molecule has 0 bridgehead atoms. The van der Waals surface area contributed by atoms with Gasteiger partial charge in [0.05, 0.1) is 16.3 Å². The van der Waals surface area contributed by atoms with Crippen molar-refractivity contribution in [2.75, 3.05) is 5.32 Å². The van der Waals surface area contributed by atoms with Gasteiger partial charge in [-0.3, -0.25) is 9.59 Å². The van der Waals surface area contributed by atoms with Crippen molar-refractivity contribution in [2.45, 2.75) is 48.2 Å². The SMILES string of the molecule is O=C(Nc1c[nH]c(=O)cn1)C(=CC1C[C@@H](F)[C@@H](F)C1)c1ccc(S(=O)(=O)C2CC2)cc1. The zero-order valence-electron chi connectivity index (χ0n) is 16.4. The van der Waals surface area contributed by atoms with Gasteiger partial charge in [-0.25, -0.2) is 22.2 Å². The smallest absolute Gasteiger partial charge is 0.266 e. The van der Waals surface area contributed by atoms with E-state index in [9.17, 15) is 26.8 Å². The van der Waals surface area contributed by atoms with Crippen LogP contribution < -0.4 is 10.9 Å². The number of benzene rings is 1. The highest BCUT2D eigenvalue weighted by molar-refractivity contribution is 7.92. The molecule has 0 spiro atoms. The Morgan fingerprint density at radius 2 is 1.77 bits per heavy atom. The van der Waals surface area contributed by atoms with E-state index >= 15 is 0 Å². The molecule has 1 aromatic carbocycles. The molecule has 2 saturated carbocycles. The van der Waals surface area contributed by atoms with Crippen LogP contribution in [0.5, 0.6) is 0 Å². The van der Waals surface area contributed by atoms with Crippen LogP contribution in [-0.2, 0) is 14.6 Å². The average Bonchev–Trinajstić information content (AvgIpc) is 3.55. The Morgan fingerprint density at radius 1 is 1.13 bits per heavy atom. The molecule has 2 aromatic rings. The van der Waals surface area contributed by atoms with E-state index in [-0.39, 0.29) is 34.4 Å². The number of alkyl halides is 2. The number of carbonyl (C=O) groups is 1. The van der Waals surface area contributed by atoms with Gasteiger partial charge in [0.2, 0.25) is 0 Å². The van der Waals surface area contributed by atoms with Gasteiger partial charge in [0.15, 0.2) is 9.84 Å². The summed E-state index contributed by atoms with van der Waals surface area (Å²) < 4.78 is 52.1. The van der Waals surface area contributed by atoms with Gasteiger partial charge in [0.25, 0.3) is 11.5 Å². The second-order valence-electron chi connectivity index (χ2n) is 7.86. The number of anilines is 1. The van der Waals surface area contributed by atoms with Gasteiger partial charge in [-0.05, 0) is 49.3 Å². The number of hydrogen-bond acceptors (Lipinski definition) is 5. The zero-order chi connectivity index (χ0) is 22.2. The number of carbonyl (C=O) groups excluding carboxylic acids is 1. The third-order valence-electron chi connectivity index (χ3n) is 5.47. The molecule has 2 aliphatic rings. The number of rotatable bonds is 6. The molecule has 1 amide bonds. The third kappa shape index (κ3) is 4.73. The Kier molecular flexibility index (Phi) is 5.74. The van der Waals surface area contributed by atoms with Crippen LogP contribution in [0.3, 0.4) is 0 Å². The van der Waals surface area contributed by atoms with E-state index in [2.05, 4.69) is 15.3 Å². The molecule has 2 N–H and O–H groups in total. The van der Waals surface area contributed by atoms with Crippen molar-refractivity contribution in [3.8, 4) is 0 Å². The topological polar surface area (TPSA) is 109 Å². The molecule has 2 fully saturated rings. The lowest BCUT2D eigenvalue weighted by molar-refractivity contribution is -0.111. The second kappa shape index (κ2) is 8.33. The molecule has 3 atom stereocenters. The summed E-state index contributed by atoms with van der Waals surface area (Å²) in [7, 11) is -3.38. The van der Waals surface area contributed by atoms with Crippen molar-refractivity contribution in [2.24, 2.45) is 5.92 Å². The van der Waals surface area contributed by atoms with Crippen LogP contribution in [0, 0.1) is 5.92 Å². The molecule has 2 aliphatic carbocycles. The summed E-state index contributed by atoms with van der Waals surface area (Å²) in [5, 5.41) is 2.19. The maximum Gasteiger partial charge on any atom is 0.266 e. The van der Waals surface area contributed by atoms with Gasteiger partial charge in [-0.15, -0.1) is 0 Å². The maximum atomic E-state index is 13.7. The quantitative estimate of drug-likeness (QED) is 0.659. The van der Waals surface area contributed by atoms with Crippen molar-refractivity contribution < 1.29 is 22.0 Å². The fraction of sp³-hybridized carbons (Fsp3) is 0.381. The average molecular weight is 449 g/mol. The number of aromatic amines is 1. The number of allylic oxidation sites excluding steroid dienone is 1. The van der Waals surface area contributed by atoms with Crippen molar-refractivity contribution in [3.05, 3.63) is 58.7 Å². The Balaban J connectivity index is 1.64. The zero-order valence-corrected chi connectivity index (χ0v) is 17.2. The Morgan fingerprint density at radius 3 is 2.32 bits per heavy atom. The molecule has 10 heteroatoms. The molecule has 31 heavy (non-hydrogen) atoms. The number of H-pyrrole nitrogens is 1. The molecule has 164 valence electrons. The van der Waals surface area contributed by atoms with E-state index < -0.39 is 39.6 Å². The number of hydrogen-bond donors (Lipinski definition) is 2. The van der Waals surface area contributed by atoms with Crippen LogP contribution in [0.15, 0.2) is 52.4 Å². The summed E-state index contributed by atoms with van der Waals surface area (Å²) in [6.45, 7) is 0. The minimum Gasteiger partial charge on any atom is -0.324 e. The van der Waals surface area contributed by atoms with Gasteiger partial charge in [0.1, 0.15) is 18.2 Å². The van der Waals surface area contributed by atoms with Crippen molar-refractivity contribution in [3.63, 3.8) is 0 Å². The molecule has 1 unspecified atom stereocenters. The first-order valence-electron chi connectivity index (χ1n) is 9.94. The number of nitrogens with zero attached hydrogens (tertiary/aromatic N) is 1. The monoisotopic (exact) mass is 449 g/mol. The summed E-state index contributed by atoms with van der Waals surface area (Å²) in [5.41, 5.74) is 0.124. The van der Waals surface area contributed by atoms with Crippen LogP contribution in [0.4, 0.5) is 14.6 Å². The number of aromatic nitrogens is 2. The van der Waals surface area contributed by atoms with Crippen LogP contribution >= 0.6 is 0 Å². The molecule has 4 rings (SSSR count). The number of sulfone groups is 1. The fourth-order valence-corrected chi connectivity index (χ4v) is 5.29. The summed E-state index contributed by atoms with van der Waals surface area (Å²) in [6.07, 6.45) is 1.78. The Hall–Kier alpha value is -2.88. The second-order valence-corrected chi connectivity index (χ2v) is 10.1. The molecule has 1 heterocycles. The van der Waals surface area contributed by atoms with Gasteiger partial charge >= 0.3 is 0 Å². The van der Waals surface area contributed by atoms with Crippen molar-refractivity contribution in [1.29, 1.82) is 0 Å². The summed E-state index contributed by atoms with van der Waals surface area (Å²) in [6, 6.07) is 5.89. The van der Waals surface area contributed by atoms with Gasteiger partial charge in [-0.1, -0.05) is 18.2 Å². The normalized spacial score (nSPS) is 24.2. The number of nitrogens with one attached hydrogen (secondary N) is 2. The van der Waals surface area contributed by atoms with E-state index in [1.54, 1.807) is 0 Å². The standard InChI is InChI=1S/C21H21F2N3O4S/c22-17-8-12(9-18(17)23)7-16(21(28)26-19-10-25-20(27)11-24-19)13-1-3-14(4-2-13)31(29,30)15-5-6-15/h1-4,7,10-12,15,17-18H,5-6,8-9H2,(H,25,27)(H,24,26,28)/t12?,17-,18+. The highest BCUT2D eigenvalue weighted by atomic mass is 32.2. The first kappa shape index (κ1) is 21.4. The maximum absolute atomic E-state index is 13.7. The summed E-state index contributed by atoms with van der Waals surface area (Å²) in [4.78, 5) is 30.5. The highest BCUT2D eigenvalue weighted by Crippen LogP contribution is 2.36. The molecular formula is C21H21F2N3O4S. The van der Waals surface area contributed by atoms with E-state index in [1.165, 1.54) is 36.5 Å². The van der Waals surface area contributed by atoms with Crippen molar-refractivity contribution >= 4 is 27.1 Å². The predicted molar refractivity (Wildman–Crippen MR) is 111 cm³/mol. The van der Waals surface area contributed by atoms with Gasteiger partial charge < -0.3 is 10.3 Å². The van der Waals surface area contributed by atoms with E-state index in [0.717, 1.165) is 6.20 Å². The van der Waals surface area contributed by atoms with Gasteiger partial charge in [-0.2, -0.15) is 0 Å². The summed E-state index contributed by atoms with van der Waals surface area (Å²) >= 11 is 0. The Labute approximate surface area is 177 Å². The van der Waals surface area contributed by atoms with E-state index in [0.29, 0.717) is 18.4 Å². The van der Waals surface area contributed by atoms with Crippen LogP contribution in [0.1, 0.15) is 31.2 Å². The van der Waals surface area contributed by atoms with Crippen LogP contribution in [0.25, 0.3) is 5.57 Å². The molecule has 0 saturated heterocycles. The van der Waals surface area contributed by atoms with E-state index in [4.69, 9.17) is 0 Å². The third-order valence-corrected chi connectivity index (χ3v) is 7.74. The number of halogens is 2.